The Labute approximate surface area is 109 Å². The average Bonchev–Trinajstić information content (AvgIpc) is 2.78. The molecule has 2 heterocycles. The highest BCUT2D eigenvalue weighted by atomic mass is 16.1. The molecule has 5 heteroatoms. The number of benzene rings is 1. The maximum atomic E-state index is 12.4. The van der Waals surface area contributed by atoms with E-state index in [9.17, 15) is 4.79 Å². The van der Waals surface area contributed by atoms with E-state index in [4.69, 9.17) is 5.73 Å². The zero-order valence-electron chi connectivity index (χ0n) is 10.4. The van der Waals surface area contributed by atoms with Gasteiger partial charge in [0, 0.05) is 24.2 Å². The number of carbonyl (C=O) groups excluding carboxylic acids is 1. The number of pyridine rings is 1. The molecule has 0 fully saturated rings. The maximum absolute atomic E-state index is 12.4. The molecule has 3 rings (SSSR count). The van der Waals surface area contributed by atoms with Crippen LogP contribution in [0, 0.1) is 0 Å². The Morgan fingerprint density at radius 3 is 2.89 bits per heavy atom. The lowest BCUT2D eigenvalue weighted by molar-refractivity contribution is 0.103. The molecule has 19 heavy (non-hydrogen) atoms. The molecule has 0 amide bonds. The molecule has 2 N–H and O–H groups in total. The minimum absolute atomic E-state index is 0.141. The SMILES string of the molecule is Cn1ncc(C(=O)c2ccc3cccnc3c2)c1N. The molecule has 5 nitrogen and oxygen atoms in total. The van der Waals surface area contributed by atoms with Gasteiger partial charge in [-0.25, -0.2) is 0 Å². The topological polar surface area (TPSA) is 73.8 Å². The maximum Gasteiger partial charge on any atom is 0.198 e. The standard InChI is InChI=1S/C14H12N4O/c1-18-14(15)11(8-17-18)13(19)10-5-4-9-3-2-6-16-12(9)7-10/h2-8H,15H2,1H3. The van der Waals surface area contributed by atoms with Crippen LogP contribution in [0.15, 0.2) is 42.7 Å². The average molecular weight is 252 g/mol. The van der Waals surface area contributed by atoms with E-state index in [0.29, 0.717) is 16.9 Å². The van der Waals surface area contributed by atoms with Crippen LogP contribution in [0.3, 0.4) is 0 Å². The van der Waals surface area contributed by atoms with E-state index in [1.54, 1.807) is 25.4 Å². The smallest absolute Gasteiger partial charge is 0.198 e. The van der Waals surface area contributed by atoms with Crippen LogP contribution < -0.4 is 5.73 Å². The normalized spacial score (nSPS) is 10.8. The van der Waals surface area contributed by atoms with Crippen molar-refractivity contribution in [1.82, 2.24) is 14.8 Å². The number of nitrogens with two attached hydrogens (primary N) is 1. The summed E-state index contributed by atoms with van der Waals surface area (Å²) in [5.74, 6) is 0.226. The number of fused-ring (bicyclic) bond motifs is 1. The van der Waals surface area contributed by atoms with Crippen LogP contribution in [0.5, 0.6) is 0 Å². The zero-order chi connectivity index (χ0) is 13.4. The highest BCUT2D eigenvalue weighted by molar-refractivity contribution is 6.12. The summed E-state index contributed by atoms with van der Waals surface area (Å²) in [5.41, 5.74) is 7.58. The van der Waals surface area contributed by atoms with E-state index in [1.165, 1.54) is 10.9 Å². The summed E-state index contributed by atoms with van der Waals surface area (Å²) in [7, 11) is 1.70. The minimum Gasteiger partial charge on any atom is -0.383 e. The largest absolute Gasteiger partial charge is 0.383 e. The van der Waals surface area contributed by atoms with Gasteiger partial charge in [-0.3, -0.25) is 14.5 Å². The minimum atomic E-state index is -0.141. The molecule has 0 aliphatic carbocycles. The van der Waals surface area contributed by atoms with Crippen LogP contribution in [0.25, 0.3) is 10.9 Å². The number of hydrogen-bond acceptors (Lipinski definition) is 4. The molecule has 0 saturated heterocycles. The molecule has 0 bridgehead atoms. The van der Waals surface area contributed by atoms with Crippen molar-refractivity contribution in [1.29, 1.82) is 0 Å². The molecule has 3 aromatic rings. The fraction of sp³-hybridized carbons (Fsp3) is 0.0714. The molecule has 0 spiro atoms. The van der Waals surface area contributed by atoms with Gasteiger partial charge in [0.25, 0.3) is 0 Å². The van der Waals surface area contributed by atoms with Crippen LogP contribution in [0.2, 0.25) is 0 Å². The Bertz CT molecular complexity index is 776. The summed E-state index contributed by atoms with van der Waals surface area (Å²) >= 11 is 0. The second-order valence-corrected chi connectivity index (χ2v) is 4.31. The van der Waals surface area contributed by atoms with E-state index in [1.807, 2.05) is 18.2 Å². The Morgan fingerprint density at radius 2 is 2.16 bits per heavy atom. The number of aryl methyl sites for hydroxylation is 1. The molecule has 0 saturated carbocycles. The summed E-state index contributed by atoms with van der Waals surface area (Å²) < 4.78 is 1.48. The van der Waals surface area contributed by atoms with E-state index in [0.717, 1.165) is 10.9 Å². The van der Waals surface area contributed by atoms with Gasteiger partial charge in [-0.15, -0.1) is 0 Å². The van der Waals surface area contributed by atoms with Gasteiger partial charge in [-0.2, -0.15) is 5.10 Å². The van der Waals surface area contributed by atoms with Gasteiger partial charge >= 0.3 is 0 Å². The quantitative estimate of drug-likeness (QED) is 0.705. The number of hydrogen-bond donors (Lipinski definition) is 1. The highest BCUT2D eigenvalue weighted by Crippen LogP contribution is 2.19. The Hall–Kier alpha value is -2.69. The van der Waals surface area contributed by atoms with Crippen molar-refractivity contribution in [2.24, 2.45) is 7.05 Å². The van der Waals surface area contributed by atoms with Gasteiger partial charge in [0.1, 0.15) is 5.82 Å². The van der Waals surface area contributed by atoms with Gasteiger partial charge in [0.2, 0.25) is 0 Å². The van der Waals surface area contributed by atoms with E-state index < -0.39 is 0 Å². The molecule has 0 atom stereocenters. The van der Waals surface area contributed by atoms with E-state index in [2.05, 4.69) is 10.1 Å². The van der Waals surface area contributed by atoms with Crippen LogP contribution in [0.1, 0.15) is 15.9 Å². The lowest BCUT2D eigenvalue weighted by atomic mass is 10.0. The van der Waals surface area contributed by atoms with E-state index in [-0.39, 0.29) is 5.78 Å². The predicted octanol–water partition coefficient (Wildman–Crippen LogP) is 1.78. The Morgan fingerprint density at radius 1 is 1.32 bits per heavy atom. The van der Waals surface area contributed by atoms with Crippen molar-refractivity contribution in [3.63, 3.8) is 0 Å². The molecule has 0 radical (unpaired) electrons. The highest BCUT2D eigenvalue weighted by Gasteiger charge is 2.16. The number of ketones is 1. The summed E-state index contributed by atoms with van der Waals surface area (Å²) in [5, 5.41) is 4.98. The molecule has 0 aliphatic heterocycles. The van der Waals surface area contributed by atoms with Gasteiger partial charge in [0.15, 0.2) is 5.78 Å². The first-order chi connectivity index (χ1) is 9.16. The van der Waals surface area contributed by atoms with Gasteiger partial charge < -0.3 is 5.73 Å². The fourth-order valence-electron chi connectivity index (χ4n) is 1.99. The van der Waals surface area contributed by atoms with Crippen molar-refractivity contribution >= 4 is 22.5 Å². The zero-order valence-corrected chi connectivity index (χ0v) is 10.4. The van der Waals surface area contributed by atoms with E-state index >= 15 is 0 Å². The van der Waals surface area contributed by atoms with Crippen LogP contribution in [0.4, 0.5) is 5.82 Å². The Kier molecular flexibility index (Phi) is 2.52. The fourth-order valence-corrected chi connectivity index (χ4v) is 1.99. The van der Waals surface area contributed by atoms with Crippen LogP contribution in [-0.4, -0.2) is 20.5 Å². The number of aromatic nitrogens is 3. The molecular formula is C14H12N4O. The lowest BCUT2D eigenvalue weighted by Crippen LogP contribution is -2.06. The second kappa shape index (κ2) is 4.20. The lowest BCUT2D eigenvalue weighted by Gasteiger charge is -2.02. The van der Waals surface area contributed by atoms with Crippen LogP contribution >= 0.6 is 0 Å². The first kappa shape index (κ1) is 11.4. The number of nitrogens with zero attached hydrogens (tertiary/aromatic N) is 3. The van der Waals surface area contributed by atoms with Crippen molar-refractivity contribution in [3.05, 3.63) is 53.9 Å². The van der Waals surface area contributed by atoms with Crippen LogP contribution in [-0.2, 0) is 7.05 Å². The molecule has 1 aromatic carbocycles. The predicted molar refractivity (Wildman–Crippen MR) is 72.8 cm³/mol. The number of nitrogen functional groups attached to an aromatic ring is 1. The van der Waals surface area contributed by atoms with Crippen molar-refractivity contribution < 1.29 is 4.79 Å². The molecule has 2 aromatic heterocycles. The summed E-state index contributed by atoms with van der Waals surface area (Å²) in [6.07, 6.45) is 3.19. The summed E-state index contributed by atoms with van der Waals surface area (Å²) in [6, 6.07) is 9.24. The van der Waals surface area contributed by atoms with Gasteiger partial charge in [-0.1, -0.05) is 18.2 Å². The summed E-state index contributed by atoms with van der Waals surface area (Å²) in [4.78, 5) is 16.6. The van der Waals surface area contributed by atoms with Crippen molar-refractivity contribution in [3.8, 4) is 0 Å². The third-order valence-electron chi connectivity index (χ3n) is 3.10. The first-order valence-corrected chi connectivity index (χ1v) is 5.84. The molecule has 0 aliphatic rings. The molecule has 94 valence electrons. The monoisotopic (exact) mass is 252 g/mol. The summed E-state index contributed by atoms with van der Waals surface area (Å²) in [6.45, 7) is 0. The molecular weight excluding hydrogens is 240 g/mol. The number of carbonyl (C=O) groups is 1. The van der Waals surface area contributed by atoms with Crippen molar-refractivity contribution in [2.45, 2.75) is 0 Å². The number of anilines is 1. The Balaban J connectivity index is 2.09. The first-order valence-electron chi connectivity index (χ1n) is 5.84. The van der Waals surface area contributed by atoms with Gasteiger partial charge in [0.05, 0.1) is 17.3 Å². The third kappa shape index (κ3) is 1.85. The number of rotatable bonds is 2. The second-order valence-electron chi connectivity index (χ2n) is 4.31. The molecule has 0 unspecified atom stereocenters. The third-order valence-corrected chi connectivity index (χ3v) is 3.10. The van der Waals surface area contributed by atoms with Gasteiger partial charge in [-0.05, 0) is 12.1 Å². The van der Waals surface area contributed by atoms with Crippen molar-refractivity contribution in [2.75, 3.05) is 5.73 Å².